The summed E-state index contributed by atoms with van der Waals surface area (Å²) in [5.74, 6) is 0. The molecule has 11 aromatic carbocycles. The van der Waals surface area contributed by atoms with E-state index >= 15 is 0 Å². The fourth-order valence-electron chi connectivity index (χ4n) is 11.2. The van der Waals surface area contributed by atoms with Crippen LogP contribution in [0.1, 0.15) is 22.3 Å². The average molecular weight is 902 g/mol. The van der Waals surface area contributed by atoms with E-state index in [1.807, 2.05) is 0 Å². The van der Waals surface area contributed by atoms with Gasteiger partial charge in [-0.1, -0.05) is 243 Å². The fraction of sp³-hybridized carbons (Fsp3) is 0.0143. The van der Waals surface area contributed by atoms with E-state index in [0.29, 0.717) is 0 Å². The molecule has 0 bridgehead atoms. The highest BCUT2D eigenvalue weighted by molar-refractivity contribution is 6.03. The molecule has 0 spiro atoms. The molecule has 1 aliphatic carbocycles. The zero-order valence-electron chi connectivity index (χ0n) is 39.1. The molecular weight excluding hydrogens is 855 g/mol. The Bertz CT molecular complexity index is 3870. The molecule has 0 aliphatic heterocycles. The van der Waals surface area contributed by atoms with E-state index in [0.717, 1.165) is 50.3 Å². The molecule has 1 nitrogen and oxygen atoms in total. The topological polar surface area (TPSA) is 12.9 Å². The molecule has 1 heteroatoms. The third-order valence-corrected chi connectivity index (χ3v) is 14.5. The van der Waals surface area contributed by atoms with Crippen LogP contribution in [0.25, 0.3) is 100 Å². The molecule has 0 radical (unpaired) electrons. The van der Waals surface area contributed by atoms with Gasteiger partial charge in [-0.2, -0.15) is 0 Å². The molecule has 0 saturated heterocycles. The Kier molecular flexibility index (Phi) is 10.5. The highest BCUT2D eigenvalue weighted by Gasteiger charge is 2.46. The molecule has 0 saturated carbocycles. The van der Waals surface area contributed by atoms with Crippen LogP contribution >= 0.6 is 0 Å². The van der Waals surface area contributed by atoms with Crippen molar-refractivity contribution in [1.29, 1.82) is 0 Å². The van der Waals surface area contributed by atoms with Gasteiger partial charge >= 0.3 is 0 Å². The van der Waals surface area contributed by atoms with Gasteiger partial charge < -0.3 is 0 Å². The third kappa shape index (κ3) is 7.39. The second-order valence-electron chi connectivity index (χ2n) is 18.6. The molecule has 1 aliphatic rings. The van der Waals surface area contributed by atoms with Crippen molar-refractivity contribution in [3.8, 4) is 89.3 Å². The molecule has 1 heterocycles. The zero-order valence-corrected chi connectivity index (χ0v) is 39.1. The quantitative estimate of drug-likeness (QED) is 0.141. The van der Waals surface area contributed by atoms with E-state index < -0.39 is 5.41 Å². The van der Waals surface area contributed by atoms with E-state index in [1.54, 1.807) is 0 Å². The Hall–Kier alpha value is -9.17. The molecule has 0 N–H and O–H groups in total. The Labute approximate surface area is 415 Å². The predicted molar refractivity (Wildman–Crippen MR) is 297 cm³/mol. The molecule has 0 amide bonds. The summed E-state index contributed by atoms with van der Waals surface area (Å²) in [6.07, 6.45) is 0. The maximum Gasteiger partial charge on any atom is 0.0715 e. The highest BCUT2D eigenvalue weighted by atomic mass is 14.7. The van der Waals surface area contributed by atoms with Crippen molar-refractivity contribution in [2.75, 3.05) is 0 Å². The molecule has 332 valence electrons. The van der Waals surface area contributed by atoms with E-state index in [4.69, 9.17) is 4.98 Å². The van der Waals surface area contributed by atoms with Crippen molar-refractivity contribution in [2.45, 2.75) is 5.41 Å². The summed E-state index contributed by atoms with van der Waals surface area (Å²) in [5.41, 5.74) is 22.8. The van der Waals surface area contributed by atoms with Crippen molar-refractivity contribution in [2.24, 2.45) is 0 Å². The van der Waals surface area contributed by atoms with Gasteiger partial charge in [0.15, 0.2) is 0 Å². The second-order valence-corrected chi connectivity index (χ2v) is 18.6. The van der Waals surface area contributed by atoms with Gasteiger partial charge in [-0.15, -0.1) is 0 Å². The number of nitrogens with zero attached hydrogens (tertiary/aromatic N) is 1. The van der Waals surface area contributed by atoms with Crippen LogP contribution in [0, 0.1) is 0 Å². The van der Waals surface area contributed by atoms with Crippen molar-refractivity contribution in [1.82, 2.24) is 4.98 Å². The molecule has 0 atom stereocenters. The number of hydrogen-bond acceptors (Lipinski definition) is 1. The number of aromatic nitrogens is 1. The molecule has 0 fully saturated rings. The van der Waals surface area contributed by atoms with Gasteiger partial charge in [-0.05, 0) is 142 Å². The average Bonchev–Trinajstić information content (AvgIpc) is 3.76. The van der Waals surface area contributed by atoms with Gasteiger partial charge in [0.25, 0.3) is 0 Å². The highest BCUT2D eigenvalue weighted by Crippen LogP contribution is 2.58. The van der Waals surface area contributed by atoms with Gasteiger partial charge in [0.2, 0.25) is 0 Å². The fourth-order valence-corrected chi connectivity index (χ4v) is 11.2. The first kappa shape index (κ1) is 42.0. The van der Waals surface area contributed by atoms with Crippen molar-refractivity contribution in [3.63, 3.8) is 0 Å². The van der Waals surface area contributed by atoms with E-state index in [2.05, 4.69) is 285 Å². The third-order valence-electron chi connectivity index (χ3n) is 14.5. The molecule has 1 aromatic heterocycles. The maximum absolute atomic E-state index is 5.36. The van der Waals surface area contributed by atoms with Crippen molar-refractivity contribution in [3.05, 3.63) is 307 Å². The first-order valence-corrected chi connectivity index (χ1v) is 24.5. The van der Waals surface area contributed by atoms with Crippen LogP contribution in [0.3, 0.4) is 0 Å². The van der Waals surface area contributed by atoms with E-state index in [1.165, 1.54) is 72.0 Å². The summed E-state index contributed by atoms with van der Waals surface area (Å²) in [4.78, 5) is 5.36. The van der Waals surface area contributed by atoms with Crippen molar-refractivity contribution < 1.29 is 0 Å². The summed E-state index contributed by atoms with van der Waals surface area (Å²) in [6, 6.07) is 104. The number of rotatable bonds is 9. The summed E-state index contributed by atoms with van der Waals surface area (Å²) in [6.45, 7) is 0. The Morgan fingerprint density at radius 2 is 0.676 bits per heavy atom. The minimum atomic E-state index is -0.532. The van der Waals surface area contributed by atoms with Gasteiger partial charge in [0.1, 0.15) is 0 Å². The van der Waals surface area contributed by atoms with Crippen LogP contribution in [-0.2, 0) is 5.41 Å². The molecule has 12 aromatic rings. The van der Waals surface area contributed by atoms with E-state index in [9.17, 15) is 0 Å². The van der Waals surface area contributed by atoms with Gasteiger partial charge in [0, 0.05) is 11.1 Å². The molecular formula is C70H47N. The minimum absolute atomic E-state index is 0.532. The lowest BCUT2D eigenvalue weighted by Crippen LogP contribution is -2.28. The monoisotopic (exact) mass is 901 g/mol. The van der Waals surface area contributed by atoms with Gasteiger partial charge in [0.05, 0.1) is 16.8 Å². The van der Waals surface area contributed by atoms with Crippen LogP contribution in [0.15, 0.2) is 285 Å². The number of benzene rings is 11. The van der Waals surface area contributed by atoms with Crippen LogP contribution in [0.5, 0.6) is 0 Å². The maximum atomic E-state index is 5.36. The minimum Gasteiger partial charge on any atom is -0.248 e. The number of hydrogen-bond donors (Lipinski definition) is 0. The lowest BCUT2D eigenvalue weighted by atomic mass is 9.67. The standard InChI is InChI=1S/C70H47N/c1-5-21-48(22-6-1)51-27-17-30-54(41-51)57-44-68(50-24-7-2-8-25-50)71-69(45-57)56-32-19-29-53(43-56)52-28-18-31-55(42-52)63-47-67-65(46-64(63)61-39-20-26-49-23-13-14-37-60(49)61)62-38-15-16-40-66(62)70(67,58-33-9-3-10-34-58)59-35-11-4-12-36-59/h1-47H. The summed E-state index contributed by atoms with van der Waals surface area (Å²) < 4.78 is 0. The van der Waals surface area contributed by atoms with Crippen LogP contribution < -0.4 is 0 Å². The predicted octanol–water partition coefficient (Wildman–Crippen LogP) is 18.3. The Morgan fingerprint density at radius 1 is 0.225 bits per heavy atom. The van der Waals surface area contributed by atoms with Crippen LogP contribution in [0.2, 0.25) is 0 Å². The number of fused-ring (bicyclic) bond motifs is 4. The normalized spacial score (nSPS) is 12.3. The first-order valence-electron chi connectivity index (χ1n) is 24.5. The molecule has 13 rings (SSSR count). The van der Waals surface area contributed by atoms with Gasteiger partial charge in [-0.3, -0.25) is 0 Å². The summed E-state index contributed by atoms with van der Waals surface area (Å²) in [5, 5.41) is 2.46. The lowest BCUT2D eigenvalue weighted by molar-refractivity contribution is 0.769. The Balaban J connectivity index is 0.990. The van der Waals surface area contributed by atoms with Crippen molar-refractivity contribution >= 4 is 10.8 Å². The smallest absolute Gasteiger partial charge is 0.0715 e. The summed E-state index contributed by atoms with van der Waals surface area (Å²) in [7, 11) is 0. The Morgan fingerprint density at radius 3 is 1.37 bits per heavy atom. The largest absolute Gasteiger partial charge is 0.248 e. The second kappa shape index (κ2) is 17.7. The van der Waals surface area contributed by atoms with Gasteiger partial charge in [-0.25, -0.2) is 4.98 Å². The van der Waals surface area contributed by atoms with Crippen LogP contribution in [0.4, 0.5) is 0 Å². The summed E-state index contributed by atoms with van der Waals surface area (Å²) >= 11 is 0. The SMILES string of the molecule is c1ccc(-c2cccc(-c3cc(-c4ccccc4)nc(-c4cccc(-c5cccc(-c6cc7c(cc6-c6cccc8ccccc68)-c6ccccc6C7(c6ccccc6)c6ccccc6)c5)c4)c3)c2)cc1. The zero-order chi connectivity index (χ0) is 47.1. The molecule has 71 heavy (non-hydrogen) atoms. The number of pyridine rings is 1. The van der Waals surface area contributed by atoms with Crippen LogP contribution in [-0.4, -0.2) is 4.98 Å². The first-order chi connectivity index (χ1) is 35.2. The lowest BCUT2D eigenvalue weighted by Gasteiger charge is -2.34. The molecule has 0 unspecified atom stereocenters. The van der Waals surface area contributed by atoms with E-state index in [-0.39, 0.29) is 0 Å².